The first-order valence-corrected chi connectivity index (χ1v) is 5.11. The van der Waals surface area contributed by atoms with Gasteiger partial charge in [-0.25, -0.2) is 19.0 Å². The molecule has 2 aromatic rings. The van der Waals surface area contributed by atoms with Gasteiger partial charge in [0, 0.05) is 12.4 Å². The molecule has 0 unspecified atom stereocenters. The summed E-state index contributed by atoms with van der Waals surface area (Å²) in [5.74, 6) is -1.86. The van der Waals surface area contributed by atoms with Gasteiger partial charge in [0.1, 0.15) is 5.82 Å². The second-order valence-electron chi connectivity index (χ2n) is 3.64. The van der Waals surface area contributed by atoms with Crippen molar-refractivity contribution < 1.29 is 14.3 Å². The number of carboxylic acids is 1. The lowest BCUT2D eigenvalue weighted by Gasteiger charge is -2.07. The molecule has 0 aliphatic heterocycles. The molecular weight excluding hydrogens is 239 g/mol. The molecule has 1 aromatic carbocycles. The Labute approximate surface area is 101 Å². The lowest BCUT2D eigenvalue weighted by atomic mass is 10.1. The molecule has 0 aliphatic carbocycles. The molecule has 18 heavy (non-hydrogen) atoms. The number of carboxylic acid groups (broad SMARTS) is 1. The highest BCUT2D eigenvalue weighted by Crippen LogP contribution is 2.12. The molecule has 0 saturated heterocycles. The summed E-state index contributed by atoms with van der Waals surface area (Å²) in [6, 6.07) is 4.99. The smallest absolute Gasteiger partial charge is 0.347 e. The molecule has 0 spiro atoms. The second kappa shape index (κ2) is 4.79. The van der Waals surface area contributed by atoms with Crippen LogP contribution in [0, 0.1) is 5.82 Å². The number of hydrogen-bond donors (Lipinski definition) is 1. The number of aromatic nitrogens is 2. The summed E-state index contributed by atoms with van der Waals surface area (Å²) < 4.78 is 14.2. The number of nitrogens with zero attached hydrogens (tertiary/aromatic N) is 2. The fraction of sp³-hybridized carbons (Fsp3) is 0.0833. The van der Waals surface area contributed by atoms with Crippen molar-refractivity contribution in [3.05, 3.63) is 64.1 Å². The van der Waals surface area contributed by atoms with Crippen molar-refractivity contribution in [2.24, 2.45) is 0 Å². The molecule has 6 heteroatoms. The first kappa shape index (κ1) is 12.0. The number of carbonyl (C=O) groups is 1. The maximum Gasteiger partial charge on any atom is 0.347 e. The highest BCUT2D eigenvalue weighted by Gasteiger charge is 2.12. The Balaban J connectivity index is 2.44. The maximum absolute atomic E-state index is 13.0. The van der Waals surface area contributed by atoms with E-state index in [1.807, 2.05) is 0 Å². The van der Waals surface area contributed by atoms with Crippen LogP contribution in [0.1, 0.15) is 15.9 Å². The van der Waals surface area contributed by atoms with Gasteiger partial charge in [-0.2, -0.15) is 0 Å². The summed E-state index contributed by atoms with van der Waals surface area (Å²) >= 11 is 0. The minimum absolute atomic E-state index is 0.0363. The maximum atomic E-state index is 13.0. The Morgan fingerprint density at radius 1 is 1.44 bits per heavy atom. The van der Waals surface area contributed by atoms with E-state index in [1.54, 1.807) is 6.07 Å². The van der Waals surface area contributed by atoms with Crippen LogP contribution in [-0.2, 0) is 6.54 Å². The van der Waals surface area contributed by atoms with Crippen LogP contribution in [0.3, 0.4) is 0 Å². The summed E-state index contributed by atoms with van der Waals surface area (Å²) in [6.45, 7) is 0.0363. The van der Waals surface area contributed by atoms with Crippen LogP contribution in [-0.4, -0.2) is 20.6 Å². The Kier molecular flexibility index (Phi) is 3.18. The third-order valence-electron chi connectivity index (χ3n) is 2.43. The van der Waals surface area contributed by atoms with Crippen LogP contribution in [0.5, 0.6) is 0 Å². The van der Waals surface area contributed by atoms with Crippen molar-refractivity contribution in [2.45, 2.75) is 6.54 Å². The minimum Gasteiger partial charge on any atom is -0.478 e. The molecule has 1 aromatic heterocycles. The van der Waals surface area contributed by atoms with Gasteiger partial charge in [-0.05, 0) is 23.8 Å². The normalized spacial score (nSPS) is 10.3. The Morgan fingerprint density at radius 2 is 2.22 bits per heavy atom. The molecule has 2 rings (SSSR count). The van der Waals surface area contributed by atoms with E-state index < -0.39 is 17.5 Å². The second-order valence-corrected chi connectivity index (χ2v) is 3.64. The average Bonchev–Trinajstić information content (AvgIpc) is 2.34. The summed E-state index contributed by atoms with van der Waals surface area (Å²) in [6.07, 6.45) is 2.84. The van der Waals surface area contributed by atoms with Crippen molar-refractivity contribution >= 4 is 5.97 Å². The lowest BCUT2D eigenvalue weighted by Crippen LogP contribution is -2.22. The Morgan fingerprint density at radius 3 is 2.89 bits per heavy atom. The van der Waals surface area contributed by atoms with Gasteiger partial charge in [0.15, 0.2) is 0 Å². The molecule has 1 heterocycles. The molecule has 0 saturated carbocycles. The fourth-order valence-electron chi connectivity index (χ4n) is 1.58. The summed E-state index contributed by atoms with van der Waals surface area (Å²) in [5.41, 5.74) is -0.303. The Bertz CT molecular complexity index is 652. The predicted octanol–water partition coefficient (Wildman–Crippen LogP) is 1.13. The zero-order valence-corrected chi connectivity index (χ0v) is 9.21. The zero-order valence-electron chi connectivity index (χ0n) is 9.21. The SMILES string of the molecule is O=C(O)c1cc(F)ccc1Cn1cccnc1=O. The predicted molar refractivity (Wildman–Crippen MR) is 61.0 cm³/mol. The van der Waals surface area contributed by atoms with Crippen LogP contribution < -0.4 is 5.69 Å². The molecule has 0 aliphatic rings. The quantitative estimate of drug-likeness (QED) is 0.883. The van der Waals surface area contributed by atoms with Crippen LogP contribution in [0.4, 0.5) is 4.39 Å². The van der Waals surface area contributed by atoms with Crippen LogP contribution in [0.2, 0.25) is 0 Å². The molecular formula is C12H9FN2O3. The van der Waals surface area contributed by atoms with Gasteiger partial charge in [-0.1, -0.05) is 6.07 Å². The van der Waals surface area contributed by atoms with E-state index in [4.69, 9.17) is 5.11 Å². The highest BCUT2D eigenvalue weighted by molar-refractivity contribution is 5.89. The number of aromatic carboxylic acids is 1. The van der Waals surface area contributed by atoms with Crippen molar-refractivity contribution in [3.8, 4) is 0 Å². The molecule has 0 bridgehead atoms. The molecule has 0 atom stereocenters. The number of hydrogen-bond acceptors (Lipinski definition) is 3. The first-order valence-electron chi connectivity index (χ1n) is 5.11. The van der Waals surface area contributed by atoms with E-state index in [0.717, 1.165) is 12.1 Å². The molecule has 92 valence electrons. The average molecular weight is 248 g/mol. The molecule has 0 amide bonds. The monoisotopic (exact) mass is 248 g/mol. The van der Waals surface area contributed by atoms with Crippen LogP contribution >= 0.6 is 0 Å². The lowest BCUT2D eigenvalue weighted by molar-refractivity contribution is 0.0695. The zero-order chi connectivity index (χ0) is 13.1. The summed E-state index contributed by atoms with van der Waals surface area (Å²) in [7, 11) is 0. The van der Waals surface area contributed by atoms with E-state index in [1.165, 1.54) is 23.0 Å². The van der Waals surface area contributed by atoms with E-state index in [-0.39, 0.29) is 12.1 Å². The standard InChI is InChI=1S/C12H9FN2O3/c13-9-3-2-8(10(6-9)11(16)17)7-15-5-1-4-14-12(15)18/h1-6H,7H2,(H,16,17). The number of halogens is 1. The van der Waals surface area contributed by atoms with E-state index in [0.29, 0.717) is 5.56 Å². The van der Waals surface area contributed by atoms with Crippen molar-refractivity contribution in [1.82, 2.24) is 9.55 Å². The van der Waals surface area contributed by atoms with Crippen LogP contribution in [0.15, 0.2) is 41.5 Å². The highest BCUT2D eigenvalue weighted by atomic mass is 19.1. The van der Waals surface area contributed by atoms with E-state index in [2.05, 4.69) is 4.98 Å². The molecule has 0 fully saturated rings. The number of benzene rings is 1. The minimum atomic E-state index is -1.23. The van der Waals surface area contributed by atoms with Crippen molar-refractivity contribution in [2.75, 3.05) is 0 Å². The Hall–Kier alpha value is -2.50. The van der Waals surface area contributed by atoms with Gasteiger partial charge in [-0.3, -0.25) is 4.57 Å². The molecule has 5 nitrogen and oxygen atoms in total. The third kappa shape index (κ3) is 2.42. The first-order chi connectivity index (χ1) is 8.58. The van der Waals surface area contributed by atoms with Crippen LogP contribution in [0.25, 0.3) is 0 Å². The largest absolute Gasteiger partial charge is 0.478 e. The summed E-state index contributed by atoms with van der Waals surface area (Å²) in [5, 5.41) is 8.97. The van der Waals surface area contributed by atoms with Gasteiger partial charge in [-0.15, -0.1) is 0 Å². The van der Waals surface area contributed by atoms with Gasteiger partial charge in [0.2, 0.25) is 0 Å². The summed E-state index contributed by atoms with van der Waals surface area (Å²) in [4.78, 5) is 25.9. The number of rotatable bonds is 3. The van der Waals surface area contributed by atoms with Gasteiger partial charge in [0.25, 0.3) is 0 Å². The van der Waals surface area contributed by atoms with Crippen molar-refractivity contribution in [3.63, 3.8) is 0 Å². The topological polar surface area (TPSA) is 72.2 Å². The fourth-order valence-corrected chi connectivity index (χ4v) is 1.58. The van der Waals surface area contributed by atoms with Gasteiger partial charge in [0.05, 0.1) is 12.1 Å². The van der Waals surface area contributed by atoms with Gasteiger partial charge >= 0.3 is 11.7 Å². The van der Waals surface area contributed by atoms with Gasteiger partial charge < -0.3 is 5.11 Å². The molecule has 0 radical (unpaired) electrons. The van der Waals surface area contributed by atoms with E-state index >= 15 is 0 Å². The third-order valence-corrected chi connectivity index (χ3v) is 2.43. The van der Waals surface area contributed by atoms with Crippen molar-refractivity contribution in [1.29, 1.82) is 0 Å². The molecule has 1 N–H and O–H groups in total. The van der Waals surface area contributed by atoms with E-state index in [9.17, 15) is 14.0 Å².